The minimum absolute atomic E-state index is 0.00668. The number of aromatic nitrogens is 4. The number of halogens is 1. The van der Waals surface area contributed by atoms with E-state index in [0.29, 0.717) is 47.4 Å². The van der Waals surface area contributed by atoms with Gasteiger partial charge in [0.2, 0.25) is 0 Å². The van der Waals surface area contributed by atoms with Crippen LogP contribution in [0.15, 0.2) is 60.7 Å². The van der Waals surface area contributed by atoms with Gasteiger partial charge in [-0.05, 0) is 42.0 Å². The Morgan fingerprint density at radius 2 is 1.91 bits per heavy atom. The highest BCUT2D eigenvalue weighted by atomic mass is 19.1. The van der Waals surface area contributed by atoms with E-state index < -0.39 is 16.7 Å². The number of non-ortho nitro benzene ring substituents is 1. The van der Waals surface area contributed by atoms with Gasteiger partial charge in [-0.3, -0.25) is 14.9 Å². The number of benzene rings is 3. The largest absolute Gasteiger partial charge is 0.480 e. The van der Waals surface area contributed by atoms with Crippen molar-refractivity contribution in [3.63, 3.8) is 0 Å². The first-order valence-electron chi connectivity index (χ1n) is 10.1. The number of nitro groups is 1. The molecule has 1 aromatic heterocycles. The third-order valence-electron chi connectivity index (χ3n) is 5.04. The summed E-state index contributed by atoms with van der Waals surface area (Å²) in [6.07, 6.45) is 0.955. The number of aryl methyl sites for hydroxylation is 1. The van der Waals surface area contributed by atoms with Crippen LogP contribution >= 0.6 is 0 Å². The Hall–Kier alpha value is -4.41. The van der Waals surface area contributed by atoms with Gasteiger partial charge in [-0.2, -0.15) is 4.80 Å². The van der Waals surface area contributed by atoms with Crippen LogP contribution in [-0.2, 0) is 17.8 Å². The van der Waals surface area contributed by atoms with E-state index >= 15 is 0 Å². The quantitative estimate of drug-likeness (QED) is 0.302. The maximum Gasteiger partial charge on any atom is 0.327 e. The van der Waals surface area contributed by atoms with Crippen molar-refractivity contribution in [1.29, 1.82) is 0 Å². The maximum atomic E-state index is 14.0. The van der Waals surface area contributed by atoms with Gasteiger partial charge < -0.3 is 10.0 Å². The Labute approximate surface area is 187 Å². The zero-order valence-electron chi connectivity index (χ0n) is 17.3. The number of rotatable bonds is 9. The van der Waals surface area contributed by atoms with E-state index in [-0.39, 0.29) is 12.2 Å². The summed E-state index contributed by atoms with van der Waals surface area (Å²) in [5.41, 5.74) is 1.29. The van der Waals surface area contributed by atoms with Gasteiger partial charge in [0, 0.05) is 35.8 Å². The molecule has 0 unspecified atom stereocenters. The molecule has 0 aliphatic heterocycles. The Morgan fingerprint density at radius 1 is 1.12 bits per heavy atom. The Morgan fingerprint density at radius 3 is 2.64 bits per heavy atom. The van der Waals surface area contributed by atoms with Crippen molar-refractivity contribution < 1.29 is 19.2 Å². The molecule has 0 fully saturated rings. The van der Waals surface area contributed by atoms with Gasteiger partial charge in [0.1, 0.15) is 5.82 Å². The van der Waals surface area contributed by atoms with Crippen LogP contribution in [0.5, 0.6) is 0 Å². The van der Waals surface area contributed by atoms with Gasteiger partial charge in [-0.25, -0.2) is 4.39 Å². The molecule has 0 amide bonds. The lowest BCUT2D eigenvalue weighted by Gasteiger charge is -2.26. The van der Waals surface area contributed by atoms with Crippen LogP contribution in [0.25, 0.3) is 10.8 Å². The number of nitrogens with zero attached hydrogens (tertiary/aromatic N) is 6. The molecule has 1 heterocycles. The fourth-order valence-corrected chi connectivity index (χ4v) is 3.65. The van der Waals surface area contributed by atoms with Crippen molar-refractivity contribution in [3.8, 4) is 0 Å². The van der Waals surface area contributed by atoms with Crippen LogP contribution in [0.4, 0.5) is 21.5 Å². The van der Waals surface area contributed by atoms with Crippen molar-refractivity contribution in [2.75, 3.05) is 11.4 Å². The van der Waals surface area contributed by atoms with Crippen molar-refractivity contribution in [1.82, 2.24) is 20.2 Å². The fourth-order valence-electron chi connectivity index (χ4n) is 3.65. The van der Waals surface area contributed by atoms with E-state index in [9.17, 15) is 19.3 Å². The third kappa shape index (κ3) is 4.92. The van der Waals surface area contributed by atoms with Gasteiger partial charge in [0.25, 0.3) is 5.69 Å². The molecule has 0 spiro atoms. The van der Waals surface area contributed by atoms with Crippen molar-refractivity contribution in [3.05, 3.63) is 82.4 Å². The van der Waals surface area contributed by atoms with E-state index in [1.807, 2.05) is 4.90 Å². The molecule has 11 heteroatoms. The average Bonchev–Trinajstić information content (AvgIpc) is 3.22. The van der Waals surface area contributed by atoms with Crippen molar-refractivity contribution in [2.24, 2.45) is 0 Å². The standard InChI is InChI=1S/C22H19FN6O4/c23-15-5-3-6-16(13-15)27(12-4-9-21-24-26-28(25-21)14-22(30)31)19-10-11-20(29(32)33)18-8-2-1-7-17(18)19/h1-3,5-8,10-11,13H,4,9,12,14H2,(H,30,31). The van der Waals surface area contributed by atoms with Crippen molar-refractivity contribution in [2.45, 2.75) is 19.4 Å². The van der Waals surface area contributed by atoms with Crippen LogP contribution in [0.3, 0.4) is 0 Å². The summed E-state index contributed by atoms with van der Waals surface area (Å²) in [7, 11) is 0. The number of hydrogen-bond acceptors (Lipinski definition) is 7. The van der Waals surface area contributed by atoms with Crippen LogP contribution in [0.1, 0.15) is 12.2 Å². The van der Waals surface area contributed by atoms with Gasteiger partial charge in [0.05, 0.1) is 10.3 Å². The lowest BCUT2D eigenvalue weighted by Crippen LogP contribution is -2.20. The van der Waals surface area contributed by atoms with E-state index in [1.54, 1.807) is 42.5 Å². The van der Waals surface area contributed by atoms with Gasteiger partial charge in [-0.1, -0.05) is 24.3 Å². The highest BCUT2D eigenvalue weighted by Gasteiger charge is 2.19. The molecule has 0 aliphatic rings. The first-order valence-corrected chi connectivity index (χ1v) is 10.1. The lowest BCUT2D eigenvalue weighted by atomic mass is 10.0. The second kappa shape index (κ2) is 9.39. The molecule has 0 atom stereocenters. The Balaban J connectivity index is 1.65. The molecule has 10 nitrogen and oxygen atoms in total. The molecule has 0 bridgehead atoms. The maximum absolute atomic E-state index is 14.0. The number of aliphatic carboxylic acids is 1. The number of carbonyl (C=O) groups is 1. The van der Waals surface area contributed by atoms with E-state index in [4.69, 9.17) is 5.11 Å². The zero-order chi connectivity index (χ0) is 23.4. The monoisotopic (exact) mass is 450 g/mol. The number of nitro benzene ring substituents is 1. The van der Waals surface area contributed by atoms with E-state index in [1.165, 1.54) is 18.2 Å². The minimum atomic E-state index is -1.07. The topological polar surface area (TPSA) is 127 Å². The van der Waals surface area contributed by atoms with Gasteiger partial charge >= 0.3 is 5.97 Å². The van der Waals surface area contributed by atoms with Gasteiger partial charge in [0.15, 0.2) is 12.4 Å². The number of carboxylic acids is 1. The predicted molar refractivity (Wildman–Crippen MR) is 118 cm³/mol. The Bertz CT molecular complexity index is 1330. The molecular formula is C22H19FN6O4. The van der Waals surface area contributed by atoms with E-state index in [0.717, 1.165) is 4.80 Å². The summed E-state index contributed by atoms with van der Waals surface area (Å²) >= 11 is 0. The molecule has 4 aromatic rings. The van der Waals surface area contributed by atoms with Crippen LogP contribution < -0.4 is 4.90 Å². The SMILES string of the molecule is O=C(O)Cn1nnc(CCCN(c2cccc(F)c2)c2ccc([N+](=O)[O-])c3ccccc23)n1. The molecule has 1 N–H and O–H groups in total. The highest BCUT2D eigenvalue weighted by Crippen LogP contribution is 2.37. The second-order valence-electron chi connectivity index (χ2n) is 7.27. The molecule has 3 aromatic carbocycles. The molecule has 4 rings (SSSR count). The van der Waals surface area contributed by atoms with Crippen LogP contribution in [0, 0.1) is 15.9 Å². The Kier molecular flexibility index (Phi) is 6.20. The van der Waals surface area contributed by atoms with Crippen LogP contribution in [-0.4, -0.2) is 42.8 Å². The number of tetrazole rings is 1. The summed E-state index contributed by atoms with van der Waals surface area (Å²) in [6, 6.07) is 16.2. The smallest absolute Gasteiger partial charge is 0.327 e. The summed E-state index contributed by atoms with van der Waals surface area (Å²) in [5.74, 6) is -1.08. The number of fused-ring (bicyclic) bond motifs is 1. The lowest BCUT2D eigenvalue weighted by molar-refractivity contribution is -0.383. The predicted octanol–water partition coefficient (Wildman–Crippen LogP) is 3.73. The summed E-state index contributed by atoms with van der Waals surface area (Å²) in [5, 5.41) is 33.1. The number of carboxylic acid groups (broad SMARTS) is 1. The molecule has 33 heavy (non-hydrogen) atoms. The average molecular weight is 450 g/mol. The highest BCUT2D eigenvalue weighted by molar-refractivity contribution is 6.01. The zero-order valence-corrected chi connectivity index (χ0v) is 17.3. The van der Waals surface area contributed by atoms with Crippen LogP contribution in [0.2, 0.25) is 0 Å². The van der Waals surface area contributed by atoms with Crippen molar-refractivity contribution >= 4 is 33.8 Å². The van der Waals surface area contributed by atoms with Gasteiger partial charge in [-0.15, -0.1) is 10.2 Å². The van der Waals surface area contributed by atoms with E-state index in [2.05, 4.69) is 15.4 Å². The molecule has 0 aliphatic carbocycles. The fraction of sp³-hybridized carbons (Fsp3) is 0.182. The molecule has 168 valence electrons. The molecule has 0 saturated carbocycles. The minimum Gasteiger partial charge on any atom is -0.480 e. The molecule has 0 saturated heterocycles. The first-order chi connectivity index (χ1) is 15.9. The number of anilines is 2. The second-order valence-corrected chi connectivity index (χ2v) is 7.27. The normalized spacial score (nSPS) is 10.9. The summed E-state index contributed by atoms with van der Waals surface area (Å²) in [6.45, 7) is 0.0515. The molecular weight excluding hydrogens is 431 g/mol. The summed E-state index contributed by atoms with van der Waals surface area (Å²) < 4.78 is 14.0. The number of hydrogen-bond donors (Lipinski definition) is 1. The summed E-state index contributed by atoms with van der Waals surface area (Å²) in [4.78, 5) is 24.7. The third-order valence-corrected chi connectivity index (χ3v) is 5.04. The molecule has 0 radical (unpaired) electrons. The first kappa shape index (κ1) is 21.8.